The fraction of sp³-hybridized carbons (Fsp3) is 0.111. The Kier molecular flexibility index (Phi) is 3.18. The maximum Gasteiger partial charge on any atom is 0.258 e. The maximum absolute atomic E-state index is 12.5. The van der Waals surface area contributed by atoms with Gasteiger partial charge in [0.1, 0.15) is 0 Å². The molecule has 3 rings (SSSR count). The Balaban J connectivity index is 2.43. The number of nitrogens with zero attached hydrogens (tertiary/aromatic N) is 1. The summed E-state index contributed by atoms with van der Waals surface area (Å²) in [6, 6.07) is 16.9. The lowest BCUT2D eigenvalue weighted by atomic mass is 10.0. The third-order valence-electron chi connectivity index (χ3n) is 3.73. The molecule has 21 heavy (non-hydrogen) atoms. The summed E-state index contributed by atoms with van der Waals surface area (Å²) in [5.41, 5.74) is 2.26. The van der Waals surface area contributed by atoms with Crippen molar-refractivity contribution in [3.8, 4) is 11.3 Å². The summed E-state index contributed by atoms with van der Waals surface area (Å²) >= 11 is 0. The highest BCUT2D eigenvalue weighted by Gasteiger charge is 2.12. The van der Waals surface area contributed by atoms with Crippen LogP contribution in [0.2, 0.25) is 0 Å². The van der Waals surface area contributed by atoms with Crippen LogP contribution in [0.25, 0.3) is 22.0 Å². The molecule has 1 heterocycles. The standard InChI is InChI=1S/C18H15NO2/c1-12(20)14-9-6-10-15-16(14)11-17(19(2)18(15)21)13-7-4-3-5-8-13/h3-11H,1-2H3. The lowest BCUT2D eigenvalue weighted by Crippen LogP contribution is -2.19. The zero-order chi connectivity index (χ0) is 15.0. The van der Waals surface area contributed by atoms with Crippen molar-refractivity contribution < 1.29 is 4.79 Å². The molecular weight excluding hydrogens is 262 g/mol. The molecule has 3 aromatic rings. The van der Waals surface area contributed by atoms with Gasteiger partial charge in [-0.2, -0.15) is 0 Å². The molecule has 0 aliphatic rings. The molecule has 0 N–H and O–H groups in total. The van der Waals surface area contributed by atoms with Crippen LogP contribution in [0.3, 0.4) is 0 Å². The molecule has 0 saturated carbocycles. The molecule has 104 valence electrons. The Morgan fingerprint density at radius 1 is 0.952 bits per heavy atom. The van der Waals surface area contributed by atoms with E-state index < -0.39 is 0 Å². The van der Waals surface area contributed by atoms with Crippen LogP contribution < -0.4 is 5.56 Å². The van der Waals surface area contributed by atoms with Crippen LogP contribution in [0.1, 0.15) is 17.3 Å². The van der Waals surface area contributed by atoms with Crippen molar-refractivity contribution in [1.82, 2.24) is 4.57 Å². The van der Waals surface area contributed by atoms with Gasteiger partial charge in [0.15, 0.2) is 5.78 Å². The minimum Gasteiger partial charge on any atom is -0.311 e. The van der Waals surface area contributed by atoms with E-state index in [1.54, 1.807) is 29.8 Å². The van der Waals surface area contributed by atoms with Crippen molar-refractivity contribution >= 4 is 16.6 Å². The van der Waals surface area contributed by atoms with Crippen LogP contribution in [0, 0.1) is 0 Å². The molecular formula is C18H15NO2. The van der Waals surface area contributed by atoms with Gasteiger partial charge in [0.2, 0.25) is 0 Å². The van der Waals surface area contributed by atoms with Crippen LogP contribution >= 0.6 is 0 Å². The van der Waals surface area contributed by atoms with Gasteiger partial charge in [0.25, 0.3) is 5.56 Å². The number of ketones is 1. The number of carbonyl (C=O) groups excluding carboxylic acids is 1. The van der Waals surface area contributed by atoms with E-state index in [1.165, 1.54) is 6.92 Å². The van der Waals surface area contributed by atoms with Crippen LogP contribution in [0.5, 0.6) is 0 Å². The summed E-state index contributed by atoms with van der Waals surface area (Å²) in [6.07, 6.45) is 0. The molecule has 3 nitrogen and oxygen atoms in total. The number of benzene rings is 2. The fourth-order valence-electron chi connectivity index (χ4n) is 2.62. The molecule has 2 aromatic carbocycles. The average Bonchev–Trinajstić information content (AvgIpc) is 2.51. The summed E-state index contributed by atoms with van der Waals surface area (Å²) in [5.74, 6) is -0.0344. The molecule has 0 fully saturated rings. The zero-order valence-electron chi connectivity index (χ0n) is 12.0. The SMILES string of the molecule is CC(=O)c1cccc2c(=O)n(C)c(-c3ccccc3)cc12. The van der Waals surface area contributed by atoms with Gasteiger partial charge in [-0.1, -0.05) is 42.5 Å². The molecule has 3 heteroatoms. The quantitative estimate of drug-likeness (QED) is 0.673. The molecule has 0 bridgehead atoms. The minimum absolute atomic E-state index is 0.0344. The summed E-state index contributed by atoms with van der Waals surface area (Å²) in [5, 5.41) is 1.29. The maximum atomic E-state index is 12.5. The molecule has 1 aromatic heterocycles. The number of carbonyl (C=O) groups is 1. The normalized spacial score (nSPS) is 10.8. The molecule has 0 unspecified atom stereocenters. The summed E-state index contributed by atoms with van der Waals surface area (Å²) < 4.78 is 1.63. The van der Waals surface area contributed by atoms with Crippen LogP contribution in [0.15, 0.2) is 59.4 Å². The highest BCUT2D eigenvalue weighted by atomic mass is 16.1. The van der Waals surface area contributed by atoms with E-state index in [9.17, 15) is 9.59 Å². The van der Waals surface area contributed by atoms with Gasteiger partial charge in [-0.05, 0) is 24.6 Å². The lowest BCUT2D eigenvalue weighted by Gasteiger charge is -2.12. The zero-order valence-corrected chi connectivity index (χ0v) is 12.0. The Labute approximate surface area is 122 Å². The Morgan fingerprint density at radius 2 is 1.67 bits per heavy atom. The number of fused-ring (bicyclic) bond motifs is 1. The van der Waals surface area contributed by atoms with E-state index in [4.69, 9.17) is 0 Å². The van der Waals surface area contributed by atoms with E-state index >= 15 is 0 Å². The number of hydrogen-bond donors (Lipinski definition) is 0. The highest BCUT2D eigenvalue weighted by Crippen LogP contribution is 2.24. The molecule has 0 aliphatic carbocycles. The first-order chi connectivity index (χ1) is 10.1. The van der Waals surface area contributed by atoms with E-state index in [0.29, 0.717) is 16.3 Å². The first kappa shape index (κ1) is 13.3. The molecule has 0 saturated heterocycles. The molecule has 0 spiro atoms. The van der Waals surface area contributed by atoms with E-state index in [-0.39, 0.29) is 11.3 Å². The largest absolute Gasteiger partial charge is 0.311 e. The van der Waals surface area contributed by atoms with Crippen LogP contribution in [-0.4, -0.2) is 10.4 Å². The topological polar surface area (TPSA) is 39.1 Å². The number of Topliss-reactive ketones (excluding diaryl/α,β-unsaturated/α-hetero) is 1. The van der Waals surface area contributed by atoms with Crippen molar-refractivity contribution in [1.29, 1.82) is 0 Å². The van der Waals surface area contributed by atoms with Crippen molar-refractivity contribution in [2.75, 3.05) is 0 Å². The molecule has 0 radical (unpaired) electrons. The van der Waals surface area contributed by atoms with Crippen molar-refractivity contribution in [3.05, 3.63) is 70.5 Å². The van der Waals surface area contributed by atoms with E-state index in [2.05, 4.69) is 0 Å². The average molecular weight is 277 g/mol. The second kappa shape index (κ2) is 5.02. The van der Waals surface area contributed by atoms with Gasteiger partial charge in [0, 0.05) is 23.4 Å². The fourth-order valence-corrected chi connectivity index (χ4v) is 2.62. The third-order valence-corrected chi connectivity index (χ3v) is 3.73. The van der Waals surface area contributed by atoms with Gasteiger partial charge in [0.05, 0.1) is 5.69 Å². The van der Waals surface area contributed by atoms with Crippen molar-refractivity contribution in [2.24, 2.45) is 7.05 Å². The highest BCUT2D eigenvalue weighted by molar-refractivity contribution is 6.07. The lowest BCUT2D eigenvalue weighted by molar-refractivity contribution is 0.101. The monoisotopic (exact) mass is 277 g/mol. The smallest absolute Gasteiger partial charge is 0.258 e. The second-order valence-corrected chi connectivity index (χ2v) is 5.08. The molecule has 0 amide bonds. The van der Waals surface area contributed by atoms with Gasteiger partial charge >= 0.3 is 0 Å². The van der Waals surface area contributed by atoms with Crippen LogP contribution in [0.4, 0.5) is 0 Å². The third kappa shape index (κ3) is 2.17. The van der Waals surface area contributed by atoms with Crippen molar-refractivity contribution in [3.63, 3.8) is 0 Å². The first-order valence-electron chi connectivity index (χ1n) is 6.78. The van der Waals surface area contributed by atoms with Gasteiger partial charge < -0.3 is 4.57 Å². The first-order valence-corrected chi connectivity index (χ1v) is 6.78. The van der Waals surface area contributed by atoms with Crippen molar-refractivity contribution in [2.45, 2.75) is 6.92 Å². The predicted molar refractivity (Wildman–Crippen MR) is 84.6 cm³/mol. The van der Waals surface area contributed by atoms with Gasteiger partial charge in [-0.25, -0.2) is 0 Å². The Bertz CT molecular complexity index is 892. The number of hydrogen-bond acceptors (Lipinski definition) is 2. The Morgan fingerprint density at radius 3 is 2.33 bits per heavy atom. The van der Waals surface area contributed by atoms with Gasteiger partial charge in [-0.15, -0.1) is 0 Å². The summed E-state index contributed by atoms with van der Waals surface area (Å²) in [6.45, 7) is 1.52. The van der Waals surface area contributed by atoms with E-state index in [0.717, 1.165) is 11.3 Å². The Hall–Kier alpha value is -2.68. The summed E-state index contributed by atoms with van der Waals surface area (Å²) in [7, 11) is 1.75. The molecule has 0 atom stereocenters. The number of rotatable bonds is 2. The predicted octanol–water partition coefficient (Wildman–Crippen LogP) is 3.41. The number of aromatic nitrogens is 1. The second-order valence-electron chi connectivity index (χ2n) is 5.08. The summed E-state index contributed by atoms with van der Waals surface area (Å²) in [4.78, 5) is 24.3. The van der Waals surface area contributed by atoms with E-state index in [1.807, 2.05) is 36.4 Å². The molecule has 0 aliphatic heterocycles. The van der Waals surface area contributed by atoms with Crippen LogP contribution in [-0.2, 0) is 7.05 Å². The minimum atomic E-state index is -0.0885. The number of pyridine rings is 1. The van der Waals surface area contributed by atoms with Gasteiger partial charge in [-0.3, -0.25) is 9.59 Å².